The van der Waals surface area contributed by atoms with Gasteiger partial charge in [0.2, 0.25) is 0 Å². The molecule has 0 amide bonds. The highest BCUT2D eigenvalue weighted by atomic mass is 35.5. The molecule has 0 heterocycles. The summed E-state index contributed by atoms with van der Waals surface area (Å²) in [7, 11) is 0. The predicted molar refractivity (Wildman–Crippen MR) is 76.3 cm³/mol. The topological polar surface area (TPSA) is 59.0 Å². The summed E-state index contributed by atoms with van der Waals surface area (Å²) in [5.74, 6) is 0.679. The first-order valence-corrected chi connectivity index (χ1v) is 7.12. The van der Waals surface area contributed by atoms with Crippen molar-refractivity contribution in [2.75, 3.05) is 6.61 Å². The first-order chi connectivity index (χ1) is 9.13. The minimum absolute atomic E-state index is 0.225. The van der Waals surface area contributed by atoms with Crippen LogP contribution in [0.15, 0.2) is 18.2 Å². The summed E-state index contributed by atoms with van der Waals surface area (Å²) in [6, 6.07) is 7.16. The molecular weight excluding hydrogens is 260 g/mol. The summed E-state index contributed by atoms with van der Waals surface area (Å²) < 4.78 is 5.77. The third-order valence-electron chi connectivity index (χ3n) is 3.69. The number of nitrogens with two attached hydrogens (primary N) is 1. The molecule has 0 aromatic heterocycles. The Bertz CT molecular complexity index is 474. The first kappa shape index (κ1) is 14.2. The number of nitriles is 1. The van der Waals surface area contributed by atoms with E-state index in [1.54, 1.807) is 18.2 Å². The Kier molecular flexibility index (Phi) is 4.68. The molecule has 1 saturated carbocycles. The second-order valence-corrected chi connectivity index (χ2v) is 5.73. The maximum absolute atomic E-state index is 8.82. The van der Waals surface area contributed by atoms with Gasteiger partial charge in [-0.25, -0.2) is 0 Å². The molecule has 4 heteroatoms. The minimum atomic E-state index is -0.225. The zero-order chi connectivity index (χ0) is 13.7. The van der Waals surface area contributed by atoms with Gasteiger partial charge in [-0.2, -0.15) is 5.26 Å². The van der Waals surface area contributed by atoms with E-state index in [4.69, 9.17) is 27.3 Å². The molecule has 2 rings (SSSR count). The summed E-state index contributed by atoms with van der Waals surface area (Å²) >= 11 is 5.98. The average Bonchev–Trinajstić information content (AvgIpc) is 2.62. The summed E-state index contributed by atoms with van der Waals surface area (Å²) in [6.45, 7) is 0.509. The van der Waals surface area contributed by atoms with Crippen molar-refractivity contribution in [1.82, 2.24) is 0 Å². The summed E-state index contributed by atoms with van der Waals surface area (Å²) in [5, 5.41) is 9.24. The SMILES string of the molecule is N#Cc1ccc(OCC2(N)CCCCCC2)cc1Cl. The number of ether oxygens (including phenoxy) is 1. The summed E-state index contributed by atoms with van der Waals surface area (Å²) in [5.41, 5.74) is 6.63. The van der Waals surface area contributed by atoms with E-state index < -0.39 is 0 Å². The number of nitrogens with zero attached hydrogens (tertiary/aromatic N) is 1. The molecular formula is C15H19ClN2O. The largest absolute Gasteiger partial charge is 0.492 e. The second kappa shape index (κ2) is 6.27. The van der Waals surface area contributed by atoms with E-state index in [0.29, 0.717) is 22.9 Å². The van der Waals surface area contributed by atoms with Gasteiger partial charge >= 0.3 is 0 Å². The van der Waals surface area contributed by atoms with Gasteiger partial charge in [0.15, 0.2) is 0 Å². The van der Waals surface area contributed by atoms with E-state index in [9.17, 15) is 0 Å². The van der Waals surface area contributed by atoms with E-state index in [-0.39, 0.29) is 5.54 Å². The van der Waals surface area contributed by atoms with Crippen LogP contribution in [-0.4, -0.2) is 12.1 Å². The lowest BCUT2D eigenvalue weighted by Crippen LogP contribution is -2.45. The molecule has 2 N–H and O–H groups in total. The van der Waals surface area contributed by atoms with E-state index in [1.165, 1.54) is 25.7 Å². The Labute approximate surface area is 119 Å². The Balaban J connectivity index is 1.98. The van der Waals surface area contributed by atoms with Crippen LogP contribution >= 0.6 is 11.6 Å². The normalized spacial score (nSPS) is 18.4. The molecule has 0 aliphatic heterocycles. The van der Waals surface area contributed by atoms with Crippen molar-refractivity contribution in [3.8, 4) is 11.8 Å². The van der Waals surface area contributed by atoms with Gasteiger partial charge in [0.05, 0.1) is 16.1 Å². The number of halogens is 1. The van der Waals surface area contributed by atoms with Crippen LogP contribution < -0.4 is 10.5 Å². The summed E-state index contributed by atoms with van der Waals surface area (Å²) in [6.07, 6.45) is 6.90. The minimum Gasteiger partial charge on any atom is -0.492 e. The van der Waals surface area contributed by atoms with Gasteiger partial charge in [-0.1, -0.05) is 37.3 Å². The lowest BCUT2D eigenvalue weighted by molar-refractivity contribution is 0.199. The molecule has 0 atom stereocenters. The van der Waals surface area contributed by atoms with Crippen LogP contribution in [0.5, 0.6) is 5.75 Å². The molecule has 1 aliphatic carbocycles. The van der Waals surface area contributed by atoms with Crippen molar-refractivity contribution in [2.24, 2.45) is 5.73 Å². The zero-order valence-corrected chi connectivity index (χ0v) is 11.7. The van der Waals surface area contributed by atoms with Crippen LogP contribution in [0.4, 0.5) is 0 Å². The highest BCUT2D eigenvalue weighted by Gasteiger charge is 2.27. The van der Waals surface area contributed by atoms with Gasteiger partial charge in [-0.05, 0) is 25.0 Å². The Morgan fingerprint density at radius 2 is 1.95 bits per heavy atom. The van der Waals surface area contributed by atoms with Crippen LogP contribution in [0.1, 0.15) is 44.1 Å². The number of benzene rings is 1. The number of hydrogen-bond acceptors (Lipinski definition) is 3. The summed E-state index contributed by atoms with van der Waals surface area (Å²) in [4.78, 5) is 0. The Morgan fingerprint density at radius 3 is 2.53 bits per heavy atom. The van der Waals surface area contributed by atoms with Gasteiger partial charge in [0, 0.05) is 6.07 Å². The molecule has 19 heavy (non-hydrogen) atoms. The molecule has 0 unspecified atom stereocenters. The Hall–Kier alpha value is -1.24. The third-order valence-corrected chi connectivity index (χ3v) is 4.00. The highest BCUT2D eigenvalue weighted by molar-refractivity contribution is 6.31. The van der Waals surface area contributed by atoms with E-state index in [1.807, 2.05) is 6.07 Å². The van der Waals surface area contributed by atoms with Crippen LogP contribution in [0.2, 0.25) is 5.02 Å². The van der Waals surface area contributed by atoms with Gasteiger partial charge in [0.25, 0.3) is 0 Å². The van der Waals surface area contributed by atoms with Gasteiger partial charge in [-0.3, -0.25) is 0 Å². The zero-order valence-electron chi connectivity index (χ0n) is 11.0. The third kappa shape index (κ3) is 3.86. The fraction of sp³-hybridized carbons (Fsp3) is 0.533. The van der Waals surface area contributed by atoms with Crippen molar-refractivity contribution < 1.29 is 4.74 Å². The van der Waals surface area contributed by atoms with Crippen molar-refractivity contribution >= 4 is 11.6 Å². The second-order valence-electron chi connectivity index (χ2n) is 5.32. The lowest BCUT2D eigenvalue weighted by atomic mass is 9.92. The molecule has 0 saturated heterocycles. The maximum atomic E-state index is 8.82. The van der Waals surface area contributed by atoms with Crippen molar-refractivity contribution in [3.63, 3.8) is 0 Å². The molecule has 0 radical (unpaired) electrons. The number of rotatable bonds is 3. The highest BCUT2D eigenvalue weighted by Crippen LogP contribution is 2.27. The molecule has 1 aromatic carbocycles. The predicted octanol–water partition coefficient (Wildman–Crippen LogP) is 3.64. The number of hydrogen-bond donors (Lipinski definition) is 1. The molecule has 0 spiro atoms. The van der Waals surface area contributed by atoms with Gasteiger partial charge in [0.1, 0.15) is 18.4 Å². The van der Waals surface area contributed by atoms with E-state index in [0.717, 1.165) is 12.8 Å². The van der Waals surface area contributed by atoms with Crippen LogP contribution in [0.25, 0.3) is 0 Å². The van der Waals surface area contributed by atoms with Crippen LogP contribution in [0.3, 0.4) is 0 Å². The quantitative estimate of drug-likeness (QED) is 0.859. The lowest BCUT2D eigenvalue weighted by Gasteiger charge is -2.27. The van der Waals surface area contributed by atoms with Gasteiger partial charge < -0.3 is 10.5 Å². The fourth-order valence-electron chi connectivity index (χ4n) is 2.48. The van der Waals surface area contributed by atoms with E-state index >= 15 is 0 Å². The van der Waals surface area contributed by atoms with E-state index in [2.05, 4.69) is 0 Å². The molecule has 1 fully saturated rings. The molecule has 3 nitrogen and oxygen atoms in total. The van der Waals surface area contributed by atoms with Crippen LogP contribution in [0, 0.1) is 11.3 Å². The van der Waals surface area contributed by atoms with Crippen molar-refractivity contribution in [1.29, 1.82) is 5.26 Å². The molecule has 1 aromatic rings. The maximum Gasteiger partial charge on any atom is 0.120 e. The van der Waals surface area contributed by atoms with Crippen molar-refractivity contribution in [2.45, 2.75) is 44.1 Å². The fourth-order valence-corrected chi connectivity index (χ4v) is 2.69. The molecule has 102 valence electrons. The van der Waals surface area contributed by atoms with Gasteiger partial charge in [-0.15, -0.1) is 0 Å². The van der Waals surface area contributed by atoms with Crippen LogP contribution in [-0.2, 0) is 0 Å². The smallest absolute Gasteiger partial charge is 0.120 e. The Morgan fingerprint density at radius 1 is 1.26 bits per heavy atom. The monoisotopic (exact) mass is 278 g/mol. The molecule has 0 bridgehead atoms. The average molecular weight is 279 g/mol. The molecule has 1 aliphatic rings. The van der Waals surface area contributed by atoms with Crippen molar-refractivity contribution in [3.05, 3.63) is 28.8 Å². The first-order valence-electron chi connectivity index (χ1n) is 6.74. The standard InChI is InChI=1S/C15H19ClN2O/c16-14-9-13(6-5-12(14)10-17)19-11-15(18)7-3-1-2-4-8-15/h5-6,9H,1-4,7-8,11,18H2.